The average molecular weight is 309 g/mol. The summed E-state index contributed by atoms with van der Waals surface area (Å²) in [6, 6.07) is 6.04. The molecule has 4 heteroatoms. The van der Waals surface area contributed by atoms with E-state index in [1.165, 1.54) is 25.9 Å². The molecule has 1 aliphatic carbocycles. The molecule has 1 saturated heterocycles. The van der Waals surface area contributed by atoms with Gasteiger partial charge in [0.05, 0.1) is 6.10 Å². The zero-order chi connectivity index (χ0) is 14.7. The van der Waals surface area contributed by atoms with Gasteiger partial charge < -0.3 is 10.1 Å². The van der Waals surface area contributed by atoms with E-state index in [1.807, 2.05) is 19.2 Å². The minimum Gasteiger partial charge on any atom is -0.490 e. The van der Waals surface area contributed by atoms with Crippen molar-refractivity contribution in [1.29, 1.82) is 0 Å². The fraction of sp³-hybridized carbons (Fsp3) is 0.647. The molecule has 0 unspecified atom stereocenters. The van der Waals surface area contributed by atoms with Gasteiger partial charge >= 0.3 is 0 Å². The fourth-order valence-corrected chi connectivity index (χ4v) is 3.60. The standard InChI is InChI=1S/C17H25ClN2O/c1-19-11-13-9-14(10-13)21-17-6-4-5-16(18)15(17)12-20-7-2-3-8-20/h4-6,13-14,19H,2-3,7-12H2,1H3. The van der Waals surface area contributed by atoms with Crippen LogP contribution in [0.4, 0.5) is 0 Å². The quantitative estimate of drug-likeness (QED) is 0.872. The summed E-state index contributed by atoms with van der Waals surface area (Å²) in [6.07, 6.45) is 5.26. The molecule has 0 aromatic heterocycles. The van der Waals surface area contributed by atoms with E-state index in [9.17, 15) is 0 Å². The van der Waals surface area contributed by atoms with Crippen LogP contribution in [0, 0.1) is 5.92 Å². The Kier molecular flexibility index (Phi) is 5.04. The topological polar surface area (TPSA) is 24.5 Å². The summed E-state index contributed by atoms with van der Waals surface area (Å²) in [5, 5.41) is 4.08. The van der Waals surface area contributed by atoms with Gasteiger partial charge in [0.1, 0.15) is 5.75 Å². The van der Waals surface area contributed by atoms with Crippen molar-refractivity contribution < 1.29 is 4.74 Å². The van der Waals surface area contributed by atoms with Crippen molar-refractivity contribution in [2.24, 2.45) is 5.92 Å². The van der Waals surface area contributed by atoms with E-state index in [-0.39, 0.29) is 0 Å². The van der Waals surface area contributed by atoms with Crippen molar-refractivity contribution >= 4 is 11.6 Å². The molecule has 1 aliphatic heterocycles. The first-order chi connectivity index (χ1) is 10.3. The van der Waals surface area contributed by atoms with E-state index in [2.05, 4.69) is 16.3 Å². The first kappa shape index (κ1) is 15.1. The maximum absolute atomic E-state index is 6.41. The van der Waals surface area contributed by atoms with Crippen molar-refractivity contribution in [3.63, 3.8) is 0 Å². The second-order valence-corrected chi connectivity index (χ2v) is 6.74. The van der Waals surface area contributed by atoms with Crippen molar-refractivity contribution in [1.82, 2.24) is 10.2 Å². The number of nitrogens with zero attached hydrogens (tertiary/aromatic N) is 1. The Morgan fingerprint density at radius 3 is 2.76 bits per heavy atom. The van der Waals surface area contributed by atoms with Gasteiger partial charge in [0.2, 0.25) is 0 Å². The van der Waals surface area contributed by atoms with Crippen LogP contribution in [-0.2, 0) is 6.54 Å². The summed E-state index contributed by atoms with van der Waals surface area (Å²) in [6.45, 7) is 4.37. The third-order valence-corrected chi connectivity index (χ3v) is 4.99. The first-order valence-corrected chi connectivity index (χ1v) is 8.45. The van der Waals surface area contributed by atoms with Gasteiger partial charge in [0.15, 0.2) is 0 Å². The van der Waals surface area contributed by atoms with Gasteiger partial charge in [-0.25, -0.2) is 0 Å². The molecule has 0 bridgehead atoms. The Morgan fingerprint density at radius 1 is 1.29 bits per heavy atom. The normalized spacial score (nSPS) is 25.8. The summed E-state index contributed by atoms with van der Waals surface area (Å²) in [5.41, 5.74) is 1.16. The van der Waals surface area contributed by atoms with Crippen LogP contribution in [0.2, 0.25) is 5.02 Å². The van der Waals surface area contributed by atoms with E-state index in [0.717, 1.165) is 48.2 Å². The third-order valence-electron chi connectivity index (χ3n) is 4.64. The molecule has 1 saturated carbocycles. The Morgan fingerprint density at radius 2 is 2.05 bits per heavy atom. The maximum Gasteiger partial charge on any atom is 0.125 e. The van der Waals surface area contributed by atoms with Gasteiger partial charge in [-0.1, -0.05) is 17.7 Å². The number of rotatable bonds is 6. The lowest BCUT2D eigenvalue weighted by atomic mass is 9.82. The van der Waals surface area contributed by atoms with Gasteiger partial charge in [0, 0.05) is 17.1 Å². The number of ether oxygens (including phenoxy) is 1. The number of hydrogen-bond donors (Lipinski definition) is 1. The van der Waals surface area contributed by atoms with Gasteiger partial charge in [-0.05, 0) is 70.4 Å². The van der Waals surface area contributed by atoms with Crippen molar-refractivity contribution in [2.45, 2.75) is 38.3 Å². The van der Waals surface area contributed by atoms with Crippen molar-refractivity contribution in [2.75, 3.05) is 26.7 Å². The number of likely N-dealkylation sites (tertiary alicyclic amines) is 1. The van der Waals surface area contributed by atoms with E-state index in [4.69, 9.17) is 16.3 Å². The van der Waals surface area contributed by atoms with E-state index in [1.54, 1.807) is 0 Å². The van der Waals surface area contributed by atoms with Crippen LogP contribution >= 0.6 is 11.6 Å². The lowest BCUT2D eigenvalue weighted by Crippen LogP contribution is -2.38. The second kappa shape index (κ2) is 6.99. The van der Waals surface area contributed by atoms with Gasteiger partial charge in [0.25, 0.3) is 0 Å². The minimum absolute atomic E-state index is 0.360. The van der Waals surface area contributed by atoms with Gasteiger partial charge in [-0.2, -0.15) is 0 Å². The van der Waals surface area contributed by atoms with E-state index in [0.29, 0.717) is 6.10 Å². The third kappa shape index (κ3) is 3.71. The molecule has 1 aromatic rings. The minimum atomic E-state index is 0.360. The molecule has 3 nitrogen and oxygen atoms in total. The summed E-state index contributed by atoms with van der Waals surface area (Å²) in [5.74, 6) is 1.75. The molecule has 0 radical (unpaired) electrons. The first-order valence-electron chi connectivity index (χ1n) is 8.07. The smallest absolute Gasteiger partial charge is 0.125 e. The Balaban J connectivity index is 1.63. The summed E-state index contributed by atoms with van der Waals surface area (Å²) in [7, 11) is 2.01. The van der Waals surface area contributed by atoms with Gasteiger partial charge in [-0.15, -0.1) is 0 Å². The second-order valence-electron chi connectivity index (χ2n) is 6.33. The van der Waals surface area contributed by atoms with Gasteiger partial charge in [-0.3, -0.25) is 4.90 Å². The van der Waals surface area contributed by atoms with Crippen molar-refractivity contribution in [3.05, 3.63) is 28.8 Å². The summed E-state index contributed by atoms with van der Waals surface area (Å²) >= 11 is 6.41. The number of halogens is 1. The largest absolute Gasteiger partial charge is 0.490 e. The van der Waals surface area contributed by atoms with Crippen LogP contribution in [0.3, 0.4) is 0 Å². The summed E-state index contributed by atoms with van der Waals surface area (Å²) < 4.78 is 6.21. The molecule has 2 aliphatic rings. The SMILES string of the molecule is CNCC1CC(Oc2cccc(Cl)c2CN2CCCC2)C1. The fourth-order valence-electron chi connectivity index (χ4n) is 3.37. The molecule has 1 N–H and O–H groups in total. The Bertz CT molecular complexity index is 468. The van der Waals surface area contributed by atoms with Crippen LogP contribution in [0.1, 0.15) is 31.2 Å². The zero-order valence-corrected chi connectivity index (χ0v) is 13.5. The molecule has 0 spiro atoms. The Labute approximate surface area is 132 Å². The highest BCUT2D eigenvalue weighted by molar-refractivity contribution is 6.31. The molecule has 0 amide bonds. The number of nitrogens with one attached hydrogen (secondary N) is 1. The van der Waals surface area contributed by atoms with Crippen molar-refractivity contribution in [3.8, 4) is 5.75 Å². The predicted octanol–water partition coefficient (Wildman–Crippen LogP) is 3.31. The number of hydrogen-bond acceptors (Lipinski definition) is 3. The summed E-state index contributed by atoms with van der Waals surface area (Å²) in [4.78, 5) is 2.47. The molecule has 116 valence electrons. The molecule has 21 heavy (non-hydrogen) atoms. The highest BCUT2D eigenvalue weighted by Crippen LogP contribution is 2.35. The maximum atomic E-state index is 6.41. The average Bonchev–Trinajstić information content (AvgIpc) is 2.93. The molecule has 2 fully saturated rings. The molecule has 0 atom stereocenters. The van der Waals surface area contributed by atoms with Crippen LogP contribution < -0.4 is 10.1 Å². The van der Waals surface area contributed by atoms with Crippen LogP contribution in [-0.4, -0.2) is 37.7 Å². The van der Waals surface area contributed by atoms with E-state index < -0.39 is 0 Å². The van der Waals surface area contributed by atoms with Crippen LogP contribution in [0.25, 0.3) is 0 Å². The monoisotopic (exact) mass is 308 g/mol. The highest BCUT2D eigenvalue weighted by Gasteiger charge is 2.31. The van der Waals surface area contributed by atoms with Crippen LogP contribution in [0.5, 0.6) is 5.75 Å². The van der Waals surface area contributed by atoms with E-state index >= 15 is 0 Å². The Hall–Kier alpha value is -0.770. The molecule has 3 rings (SSSR count). The lowest BCUT2D eigenvalue weighted by Gasteiger charge is -2.36. The molecule has 1 heterocycles. The molecular weight excluding hydrogens is 284 g/mol. The lowest BCUT2D eigenvalue weighted by molar-refractivity contribution is 0.0642. The predicted molar refractivity (Wildman–Crippen MR) is 87.0 cm³/mol. The van der Waals surface area contributed by atoms with Crippen LogP contribution in [0.15, 0.2) is 18.2 Å². The zero-order valence-electron chi connectivity index (χ0n) is 12.8. The molecule has 1 aromatic carbocycles. The number of benzene rings is 1. The molecular formula is C17H25ClN2O. The highest BCUT2D eigenvalue weighted by atomic mass is 35.5.